The number of benzene rings is 1. The molecule has 0 spiro atoms. The first kappa shape index (κ1) is 22.8. The standard InChI is InChI=1S/C21H26N4O5/c1-11-7-12(2)19(13(3)8-11)23-16(26)9-22-17(27)10-30-21(29)20(28)18-14(4)24-25(6)15(18)5/h7-8H,9-10H2,1-6H3,(H,22,27)(H,23,26). The fourth-order valence-electron chi connectivity index (χ4n) is 3.19. The summed E-state index contributed by atoms with van der Waals surface area (Å²) < 4.78 is 6.26. The minimum absolute atomic E-state index is 0.158. The maximum Gasteiger partial charge on any atom is 0.380 e. The molecule has 1 aromatic heterocycles. The molecule has 0 atom stereocenters. The normalized spacial score (nSPS) is 10.5. The number of aromatic nitrogens is 2. The number of esters is 1. The number of nitrogens with one attached hydrogen (secondary N) is 2. The van der Waals surface area contributed by atoms with Crippen LogP contribution >= 0.6 is 0 Å². The highest BCUT2D eigenvalue weighted by atomic mass is 16.5. The predicted molar refractivity (Wildman–Crippen MR) is 110 cm³/mol. The second-order valence-corrected chi connectivity index (χ2v) is 7.17. The summed E-state index contributed by atoms with van der Waals surface area (Å²) in [5.41, 5.74) is 4.70. The van der Waals surface area contributed by atoms with Gasteiger partial charge in [0.1, 0.15) is 0 Å². The van der Waals surface area contributed by atoms with Crippen LogP contribution in [0.3, 0.4) is 0 Å². The van der Waals surface area contributed by atoms with Gasteiger partial charge in [0.15, 0.2) is 6.61 Å². The van der Waals surface area contributed by atoms with Crippen LogP contribution in [-0.2, 0) is 26.2 Å². The van der Waals surface area contributed by atoms with Gasteiger partial charge in [-0.05, 0) is 45.7 Å². The van der Waals surface area contributed by atoms with Gasteiger partial charge in [-0.15, -0.1) is 0 Å². The van der Waals surface area contributed by atoms with Crippen LogP contribution in [0.5, 0.6) is 0 Å². The molecule has 0 bridgehead atoms. The zero-order chi connectivity index (χ0) is 22.6. The topological polar surface area (TPSA) is 119 Å². The van der Waals surface area contributed by atoms with Gasteiger partial charge in [0, 0.05) is 18.4 Å². The summed E-state index contributed by atoms with van der Waals surface area (Å²) in [6.07, 6.45) is 0. The summed E-state index contributed by atoms with van der Waals surface area (Å²) in [4.78, 5) is 48.2. The highest BCUT2D eigenvalue weighted by Gasteiger charge is 2.25. The number of carbonyl (C=O) groups excluding carboxylic acids is 4. The van der Waals surface area contributed by atoms with Crippen LogP contribution in [0.25, 0.3) is 0 Å². The van der Waals surface area contributed by atoms with Crippen molar-refractivity contribution in [2.45, 2.75) is 34.6 Å². The first-order valence-corrected chi connectivity index (χ1v) is 9.37. The van der Waals surface area contributed by atoms with E-state index < -0.39 is 30.2 Å². The van der Waals surface area contributed by atoms with E-state index in [1.54, 1.807) is 20.9 Å². The van der Waals surface area contributed by atoms with E-state index in [1.807, 2.05) is 32.9 Å². The van der Waals surface area contributed by atoms with Crippen molar-refractivity contribution in [2.75, 3.05) is 18.5 Å². The van der Waals surface area contributed by atoms with Crippen molar-refractivity contribution >= 4 is 29.3 Å². The third kappa shape index (κ3) is 5.31. The van der Waals surface area contributed by atoms with Gasteiger partial charge >= 0.3 is 5.97 Å². The molecule has 0 unspecified atom stereocenters. The maximum atomic E-state index is 12.2. The smallest absolute Gasteiger partial charge is 0.380 e. The molecule has 0 aliphatic carbocycles. The number of ketones is 1. The van der Waals surface area contributed by atoms with E-state index in [0.717, 1.165) is 16.7 Å². The molecule has 2 aromatic rings. The van der Waals surface area contributed by atoms with E-state index in [2.05, 4.69) is 15.7 Å². The van der Waals surface area contributed by atoms with Crippen molar-refractivity contribution in [3.63, 3.8) is 0 Å². The molecule has 0 radical (unpaired) electrons. The quantitative estimate of drug-likeness (QED) is 0.402. The number of carbonyl (C=O) groups is 4. The van der Waals surface area contributed by atoms with Crippen LogP contribution in [0.15, 0.2) is 12.1 Å². The number of Topliss-reactive ketones (excluding diaryl/α,β-unsaturated/α-hetero) is 1. The summed E-state index contributed by atoms with van der Waals surface area (Å²) in [5.74, 6) is -3.13. The molecule has 0 saturated heterocycles. The van der Waals surface area contributed by atoms with Crippen LogP contribution in [0.1, 0.15) is 38.4 Å². The Bertz CT molecular complexity index is 1000. The molecular formula is C21H26N4O5. The minimum Gasteiger partial charge on any atom is -0.450 e. The molecule has 30 heavy (non-hydrogen) atoms. The molecule has 0 aliphatic heterocycles. The molecule has 1 heterocycles. The van der Waals surface area contributed by atoms with E-state index in [4.69, 9.17) is 4.74 Å². The van der Waals surface area contributed by atoms with E-state index in [0.29, 0.717) is 17.1 Å². The Morgan fingerprint density at radius 2 is 1.60 bits per heavy atom. The van der Waals surface area contributed by atoms with Crippen molar-refractivity contribution in [2.24, 2.45) is 7.05 Å². The van der Waals surface area contributed by atoms with E-state index in [-0.39, 0.29) is 12.1 Å². The zero-order valence-electron chi connectivity index (χ0n) is 18.0. The van der Waals surface area contributed by atoms with Crippen LogP contribution in [-0.4, -0.2) is 46.5 Å². The van der Waals surface area contributed by atoms with Crippen molar-refractivity contribution in [3.8, 4) is 0 Å². The molecular weight excluding hydrogens is 388 g/mol. The number of amides is 2. The molecule has 1 aromatic carbocycles. The third-order valence-corrected chi connectivity index (χ3v) is 4.64. The first-order chi connectivity index (χ1) is 14.0. The van der Waals surface area contributed by atoms with E-state index in [9.17, 15) is 19.2 Å². The summed E-state index contributed by atoms with van der Waals surface area (Å²) >= 11 is 0. The number of hydrogen-bond donors (Lipinski definition) is 2. The van der Waals surface area contributed by atoms with Crippen LogP contribution < -0.4 is 10.6 Å². The Morgan fingerprint density at radius 3 is 2.13 bits per heavy atom. The van der Waals surface area contributed by atoms with Gasteiger partial charge in [-0.2, -0.15) is 5.10 Å². The van der Waals surface area contributed by atoms with Crippen molar-refractivity contribution in [1.82, 2.24) is 15.1 Å². The Hall–Kier alpha value is -3.49. The van der Waals surface area contributed by atoms with Gasteiger partial charge in [0.2, 0.25) is 5.91 Å². The molecule has 9 nitrogen and oxygen atoms in total. The second-order valence-electron chi connectivity index (χ2n) is 7.17. The minimum atomic E-state index is -1.15. The average Bonchev–Trinajstić information content (AvgIpc) is 2.92. The van der Waals surface area contributed by atoms with Crippen LogP contribution in [0, 0.1) is 34.6 Å². The molecule has 0 saturated carbocycles. The molecule has 9 heteroatoms. The number of hydrogen-bond acceptors (Lipinski definition) is 6. The van der Waals surface area contributed by atoms with Gasteiger partial charge in [-0.3, -0.25) is 19.1 Å². The number of ether oxygens (including phenoxy) is 1. The van der Waals surface area contributed by atoms with Gasteiger partial charge in [-0.25, -0.2) is 4.79 Å². The predicted octanol–water partition coefficient (Wildman–Crippen LogP) is 1.44. The maximum absolute atomic E-state index is 12.2. The van der Waals surface area contributed by atoms with Gasteiger partial charge in [0.25, 0.3) is 11.7 Å². The second kappa shape index (κ2) is 9.34. The summed E-state index contributed by atoms with van der Waals surface area (Å²) in [6.45, 7) is 8.04. The van der Waals surface area contributed by atoms with Crippen LogP contribution in [0.4, 0.5) is 5.69 Å². The highest BCUT2D eigenvalue weighted by Crippen LogP contribution is 2.21. The Balaban J connectivity index is 1.84. The van der Waals surface area contributed by atoms with Gasteiger partial charge in [0.05, 0.1) is 17.8 Å². The van der Waals surface area contributed by atoms with Crippen LogP contribution in [0.2, 0.25) is 0 Å². The fraction of sp³-hybridized carbons (Fsp3) is 0.381. The third-order valence-electron chi connectivity index (χ3n) is 4.64. The number of anilines is 1. The first-order valence-electron chi connectivity index (χ1n) is 9.37. The van der Waals surface area contributed by atoms with E-state index >= 15 is 0 Å². The molecule has 2 N–H and O–H groups in total. The van der Waals surface area contributed by atoms with E-state index in [1.165, 1.54) is 4.68 Å². The number of rotatable bonds is 7. The summed E-state index contributed by atoms with van der Waals surface area (Å²) in [5, 5.41) is 9.19. The zero-order valence-corrected chi connectivity index (χ0v) is 18.0. The SMILES string of the molecule is Cc1cc(C)c(NC(=O)CNC(=O)COC(=O)C(=O)c2c(C)nn(C)c2C)c(C)c1. The molecule has 0 aliphatic rings. The summed E-state index contributed by atoms with van der Waals surface area (Å²) in [6, 6.07) is 3.90. The monoisotopic (exact) mass is 414 g/mol. The van der Waals surface area contributed by atoms with Crippen molar-refractivity contribution in [3.05, 3.63) is 45.8 Å². The lowest BCUT2D eigenvalue weighted by Crippen LogP contribution is -2.36. The molecule has 160 valence electrons. The summed E-state index contributed by atoms with van der Waals surface area (Å²) in [7, 11) is 1.66. The molecule has 0 fully saturated rings. The lowest BCUT2D eigenvalue weighted by molar-refractivity contribution is -0.144. The largest absolute Gasteiger partial charge is 0.450 e. The molecule has 2 rings (SSSR count). The highest BCUT2D eigenvalue weighted by molar-refractivity contribution is 6.41. The Labute approximate surface area is 174 Å². The lowest BCUT2D eigenvalue weighted by atomic mass is 10.1. The fourth-order valence-corrected chi connectivity index (χ4v) is 3.19. The Morgan fingerprint density at radius 1 is 1.00 bits per heavy atom. The average molecular weight is 414 g/mol. The lowest BCUT2D eigenvalue weighted by Gasteiger charge is -2.13. The molecule has 2 amide bonds. The van der Waals surface area contributed by atoms with Gasteiger partial charge < -0.3 is 15.4 Å². The van der Waals surface area contributed by atoms with Crippen molar-refractivity contribution in [1.29, 1.82) is 0 Å². The van der Waals surface area contributed by atoms with Gasteiger partial charge in [-0.1, -0.05) is 17.7 Å². The Kier molecular flexibility index (Phi) is 7.10. The number of nitrogens with zero attached hydrogens (tertiary/aromatic N) is 2. The number of aryl methyl sites for hydroxylation is 5. The van der Waals surface area contributed by atoms with Crippen molar-refractivity contribution < 1.29 is 23.9 Å².